The molecule has 0 aliphatic carbocycles. The maximum absolute atomic E-state index is 12.4. The number of benzene rings is 1. The van der Waals surface area contributed by atoms with Gasteiger partial charge >= 0.3 is 0 Å². The van der Waals surface area contributed by atoms with Gasteiger partial charge in [0.2, 0.25) is 0 Å². The van der Waals surface area contributed by atoms with E-state index >= 15 is 0 Å². The summed E-state index contributed by atoms with van der Waals surface area (Å²) in [6.45, 7) is 10.5. The molecule has 2 heteroatoms. The lowest BCUT2D eigenvalue weighted by Gasteiger charge is -2.20. The highest BCUT2D eigenvalue weighted by atomic mass is 16.5. The molecule has 1 aromatic rings. The Labute approximate surface area is 104 Å². The molecule has 2 nitrogen and oxygen atoms in total. The minimum absolute atomic E-state index is 0.0913. The first-order valence-electron chi connectivity index (χ1n) is 6.19. The average Bonchev–Trinajstić information content (AvgIpc) is 2.23. The lowest BCUT2D eigenvalue weighted by Crippen LogP contribution is -2.30. The molecule has 0 saturated carbocycles. The van der Waals surface area contributed by atoms with E-state index in [0.717, 1.165) is 16.7 Å². The van der Waals surface area contributed by atoms with Crippen LogP contribution in [0, 0.1) is 19.8 Å². The molecule has 0 spiro atoms. The van der Waals surface area contributed by atoms with Crippen LogP contribution in [-0.2, 0) is 4.74 Å². The highest BCUT2D eigenvalue weighted by Gasteiger charge is 2.23. The van der Waals surface area contributed by atoms with Crippen molar-refractivity contribution in [2.24, 2.45) is 5.92 Å². The van der Waals surface area contributed by atoms with Crippen molar-refractivity contribution in [3.05, 3.63) is 34.9 Å². The molecule has 94 valence electrons. The Bertz CT molecular complexity index is 374. The Morgan fingerprint density at radius 1 is 1.18 bits per heavy atom. The van der Waals surface area contributed by atoms with Gasteiger partial charge in [0.05, 0.1) is 0 Å². The summed E-state index contributed by atoms with van der Waals surface area (Å²) >= 11 is 0. The first-order valence-corrected chi connectivity index (χ1v) is 6.19. The third-order valence-electron chi connectivity index (χ3n) is 2.72. The molecule has 0 heterocycles. The fourth-order valence-corrected chi connectivity index (χ4v) is 2.03. The molecule has 0 aliphatic heterocycles. The van der Waals surface area contributed by atoms with Crippen LogP contribution in [0.5, 0.6) is 0 Å². The molecule has 1 unspecified atom stereocenters. The van der Waals surface area contributed by atoms with Crippen LogP contribution in [0.1, 0.15) is 42.3 Å². The lowest BCUT2D eigenvalue weighted by molar-refractivity contribution is 0.0279. The summed E-state index contributed by atoms with van der Waals surface area (Å²) in [6.07, 6.45) is -0.332. The second-order valence-electron chi connectivity index (χ2n) is 4.86. The second-order valence-corrected chi connectivity index (χ2v) is 4.86. The van der Waals surface area contributed by atoms with Crippen molar-refractivity contribution < 1.29 is 9.53 Å². The van der Waals surface area contributed by atoms with Gasteiger partial charge in [-0.25, -0.2) is 0 Å². The number of carbonyl (C=O) groups is 1. The summed E-state index contributed by atoms with van der Waals surface area (Å²) in [4.78, 5) is 12.4. The molecule has 0 amide bonds. The molecule has 0 bridgehead atoms. The van der Waals surface area contributed by atoms with Gasteiger partial charge in [0.25, 0.3) is 0 Å². The number of ketones is 1. The van der Waals surface area contributed by atoms with Crippen molar-refractivity contribution in [3.63, 3.8) is 0 Å². The summed E-state index contributed by atoms with van der Waals surface area (Å²) in [7, 11) is 0. The van der Waals surface area contributed by atoms with Crippen molar-refractivity contribution in [2.75, 3.05) is 6.61 Å². The molecule has 0 radical (unpaired) electrons. The minimum atomic E-state index is -0.332. The van der Waals surface area contributed by atoms with Gasteiger partial charge < -0.3 is 4.74 Å². The van der Waals surface area contributed by atoms with Crippen molar-refractivity contribution in [3.8, 4) is 0 Å². The first kappa shape index (κ1) is 13.9. The van der Waals surface area contributed by atoms with E-state index in [1.165, 1.54) is 0 Å². The third-order valence-corrected chi connectivity index (χ3v) is 2.72. The first-order chi connectivity index (χ1) is 7.95. The predicted octanol–water partition coefficient (Wildman–Crippen LogP) is 3.55. The Morgan fingerprint density at radius 2 is 1.71 bits per heavy atom. The minimum Gasteiger partial charge on any atom is -0.370 e. The fourth-order valence-electron chi connectivity index (χ4n) is 2.03. The third kappa shape index (κ3) is 3.67. The van der Waals surface area contributed by atoms with Crippen LogP contribution in [0.4, 0.5) is 0 Å². The largest absolute Gasteiger partial charge is 0.370 e. The Balaban J connectivity index is 3.00. The standard InChI is InChI=1S/C15H22O2/c1-6-17-15(10(2)3)14(16)13-8-11(4)7-12(5)9-13/h7-10,15H,6H2,1-5H3. The quantitative estimate of drug-likeness (QED) is 0.728. The van der Waals surface area contributed by atoms with Crippen molar-refractivity contribution in [1.29, 1.82) is 0 Å². The molecule has 1 rings (SSSR count). The molecule has 0 aromatic heterocycles. The van der Waals surface area contributed by atoms with E-state index in [2.05, 4.69) is 6.07 Å². The van der Waals surface area contributed by atoms with Crippen LogP contribution in [0.15, 0.2) is 18.2 Å². The smallest absolute Gasteiger partial charge is 0.191 e. The van der Waals surface area contributed by atoms with E-state index in [4.69, 9.17) is 4.74 Å². The molecular weight excluding hydrogens is 212 g/mol. The zero-order valence-electron chi connectivity index (χ0n) is 11.4. The average molecular weight is 234 g/mol. The molecule has 0 fully saturated rings. The van der Waals surface area contributed by atoms with Gasteiger partial charge in [-0.05, 0) is 38.8 Å². The number of Topliss-reactive ketones (excluding diaryl/α,β-unsaturated/α-hetero) is 1. The van der Waals surface area contributed by atoms with E-state index < -0.39 is 0 Å². The van der Waals surface area contributed by atoms with Gasteiger partial charge in [0, 0.05) is 12.2 Å². The van der Waals surface area contributed by atoms with Gasteiger partial charge in [-0.1, -0.05) is 31.0 Å². The summed E-state index contributed by atoms with van der Waals surface area (Å²) in [5, 5.41) is 0. The monoisotopic (exact) mass is 234 g/mol. The maximum atomic E-state index is 12.4. The molecule has 0 N–H and O–H groups in total. The lowest BCUT2D eigenvalue weighted by atomic mass is 9.95. The SMILES string of the molecule is CCOC(C(=O)c1cc(C)cc(C)c1)C(C)C. The zero-order valence-corrected chi connectivity index (χ0v) is 11.4. The highest BCUT2D eigenvalue weighted by Crippen LogP contribution is 2.16. The summed E-state index contributed by atoms with van der Waals surface area (Å²) < 4.78 is 5.55. The number of aryl methyl sites for hydroxylation is 2. The van der Waals surface area contributed by atoms with Gasteiger partial charge in [0.15, 0.2) is 5.78 Å². The van der Waals surface area contributed by atoms with Crippen molar-refractivity contribution in [2.45, 2.75) is 40.7 Å². The Hall–Kier alpha value is -1.15. The summed E-state index contributed by atoms with van der Waals surface area (Å²) in [6, 6.07) is 5.94. The van der Waals surface area contributed by atoms with Crippen LogP contribution in [0.25, 0.3) is 0 Å². The van der Waals surface area contributed by atoms with E-state index in [1.54, 1.807) is 0 Å². The normalized spacial score (nSPS) is 12.8. The molecule has 0 aliphatic rings. The molecular formula is C15H22O2. The predicted molar refractivity (Wildman–Crippen MR) is 70.5 cm³/mol. The maximum Gasteiger partial charge on any atom is 0.191 e. The van der Waals surface area contributed by atoms with Gasteiger partial charge in [-0.15, -0.1) is 0 Å². The van der Waals surface area contributed by atoms with Crippen LogP contribution >= 0.6 is 0 Å². The van der Waals surface area contributed by atoms with Crippen LogP contribution in [-0.4, -0.2) is 18.5 Å². The summed E-state index contributed by atoms with van der Waals surface area (Å²) in [5.74, 6) is 0.289. The molecule has 1 atom stereocenters. The molecule has 0 saturated heterocycles. The van der Waals surface area contributed by atoms with Gasteiger partial charge in [-0.3, -0.25) is 4.79 Å². The fraction of sp³-hybridized carbons (Fsp3) is 0.533. The van der Waals surface area contributed by atoms with E-state index in [1.807, 2.05) is 46.8 Å². The van der Waals surface area contributed by atoms with E-state index in [9.17, 15) is 4.79 Å². The van der Waals surface area contributed by atoms with Gasteiger partial charge in [-0.2, -0.15) is 0 Å². The number of carbonyl (C=O) groups excluding carboxylic acids is 1. The molecule has 17 heavy (non-hydrogen) atoms. The topological polar surface area (TPSA) is 26.3 Å². The van der Waals surface area contributed by atoms with Crippen LogP contribution < -0.4 is 0 Å². The Kier molecular flexibility index (Phi) is 4.88. The number of hydrogen-bond donors (Lipinski definition) is 0. The Morgan fingerprint density at radius 3 is 2.12 bits per heavy atom. The number of ether oxygens (including phenoxy) is 1. The van der Waals surface area contributed by atoms with Gasteiger partial charge in [0.1, 0.15) is 6.10 Å². The second kappa shape index (κ2) is 5.97. The van der Waals surface area contributed by atoms with Crippen LogP contribution in [0.3, 0.4) is 0 Å². The summed E-state index contributed by atoms with van der Waals surface area (Å²) in [5.41, 5.74) is 2.99. The number of rotatable bonds is 5. The van der Waals surface area contributed by atoms with E-state index in [-0.39, 0.29) is 17.8 Å². The van der Waals surface area contributed by atoms with E-state index in [0.29, 0.717) is 6.61 Å². The highest BCUT2D eigenvalue weighted by molar-refractivity contribution is 6.00. The van der Waals surface area contributed by atoms with Crippen LogP contribution in [0.2, 0.25) is 0 Å². The van der Waals surface area contributed by atoms with Crippen molar-refractivity contribution in [1.82, 2.24) is 0 Å². The van der Waals surface area contributed by atoms with Crippen molar-refractivity contribution >= 4 is 5.78 Å². The number of hydrogen-bond acceptors (Lipinski definition) is 2. The zero-order chi connectivity index (χ0) is 13.0. The molecule has 1 aromatic carbocycles.